The predicted molar refractivity (Wildman–Crippen MR) is 120 cm³/mol. The molecular weight excluding hydrogens is 465 g/mol. The second-order valence-electron chi connectivity index (χ2n) is 9.00. The summed E-state index contributed by atoms with van der Waals surface area (Å²) in [6, 6.07) is 13.6. The summed E-state index contributed by atoms with van der Waals surface area (Å²) in [5, 5.41) is 13.6. The van der Waals surface area contributed by atoms with Gasteiger partial charge in [0.05, 0.1) is 11.8 Å². The van der Waals surface area contributed by atoms with Crippen molar-refractivity contribution in [3.8, 4) is 11.1 Å². The van der Waals surface area contributed by atoms with Crippen molar-refractivity contribution in [3.05, 3.63) is 59.7 Å². The molecule has 4 rings (SSSR count). The van der Waals surface area contributed by atoms with E-state index in [1.165, 1.54) is 0 Å². The second kappa shape index (κ2) is 9.59. The standard InChI is InChI=1S/C25H25F3N2O5/c26-25(27,28)12-20(21(31)32)30-22(33)24(10-5-11-24)14-29-23(34)35-13-19-17-8-3-1-6-15(17)16-7-2-4-9-18(16)19/h1-4,6-9,19-20H,5,10-14H2,(H,29,34)(H,30,33)(H,31,32). The SMILES string of the molecule is O=C(NCC1(C(=O)NC(CC(F)(F)F)C(=O)O)CCC1)OCC1c2ccccc2-c2ccccc21. The molecule has 1 atom stereocenters. The van der Waals surface area contributed by atoms with Crippen LogP contribution in [-0.4, -0.2) is 48.4 Å². The summed E-state index contributed by atoms with van der Waals surface area (Å²) in [6.45, 7) is -0.0837. The molecule has 2 aliphatic carbocycles. The van der Waals surface area contributed by atoms with Gasteiger partial charge in [-0.25, -0.2) is 9.59 Å². The first-order chi connectivity index (χ1) is 16.6. The Morgan fingerprint density at radius 3 is 2.09 bits per heavy atom. The van der Waals surface area contributed by atoms with Gasteiger partial charge >= 0.3 is 18.2 Å². The number of aliphatic carboxylic acids is 1. The molecule has 35 heavy (non-hydrogen) atoms. The van der Waals surface area contributed by atoms with E-state index in [-0.39, 0.29) is 19.1 Å². The number of hydrogen-bond acceptors (Lipinski definition) is 4. The number of carboxylic acid groups (broad SMARTS) is 1. The normalized spacial score (nSPS) is 16.9. The summed E-state index contributed by atoms with van der Waals surface area (Å²) in [4.78, 5) is 36.3. The molecule has 0 bridgehead atoms. The van der Waals surface area contributed by atoms with Crippen molar-refractivity contribution >= 4 is 18.0 Å². The molecule has 3 N–H and O–H groups in total. The van der Waals surface area contributed by atoms with Crippen LogP contribution in [0.4, 0.5) is 18.0 Å². The van der Waals surface area contributed by atoms with Gasteiger partial charge < -0.3 is 20.5 Å². The van der Waals surface area contributed by atoms with Crippen molar-refractivity contribution in [3.63, 3.8) is 0 Å². The number of benzene rings is 2. The molecule has 1 fully saturated rings. The first-order valence-electron chi connectivity index (χ1n) is 11.3. The Morgan fingerprint density at radius 1 is 1.03 bits per heavy atom. The molecule has 2 amide bonds. The zero-order valence-corrected chi connectivity index (χ0v) is 18.7. The van der Waals surface area contributed by atoms with Gasteiger partial charge in [-0.3, -0.25) is 4.79 Å². The average molecular weight is 490 g/mol. The van der Waals surface area contributed by atoms with Crippen LogP contribution < -0.4 is 10.6 Å². The highest BCUT2D eigenvalue weighted by atomic mass is 19.4. The fourth-order valence-electron chi connectivity index (χ4n) is 4.72. The van der Waals surface area contributed by atoms with E-state index in [0.717, 1.165) is 22.3 Å². The second-order valence-corrected chi connectivity index (χ2v) is 9.00. The molecule has 2 aromatic rings. The monoisotopic (exact) mass is 490 g/mol. The molecule has 0 heterocycles. The van der Waals surface area contributed by atoms with Crippen LogP contribution in [-0.2, 0) is 14.3 Å². The average Bonchev–Trinajstić information content (AvgIpc) is 3.09. The zero-order chi connectivity index (χ0) is 25.2. The lowest BCUT2D eigenvalue weighted by molar-refractivity contribution is -0.161. The molecule has 2 aromatic carbocycles. The molecule has 2 aliphatic rings. The van der Waals surface area contributed by atoms with Crippen molar-refractivity contribution < 1.29 is 37.4 Å². The number of halogens is 3. The van der Waals surface area contributed by atoms with Gasteiger partial charge in [0.2, 0.25) is 5.91 Å². The number of alkyl carbamates (subject to hydrolysis) is 1. The van der Waals surface area contributed by atoms with Crippen LogP contribution in [0.5, 0.6) is 0 Å². The van der Waals surface area contributed by atoms with Crippen LogP contribution in [0, 0.1) is 5.41 Å². The van der Waals surface area contributed by atoms with E-state index in [1.807, 2.05) is 53.8 Å². The summed E-state index contributed by atoms with van der Waals surface area (Å²) in [6.07, 6.45) is -5.90. The van der Waals surface area contributed by atoms with E-state index in [0.29, 0.717) is 19.3 Å². The van der Waals surface area contributed by atoms with Crippen molar-refractivity contribution in [1.82, 2.24) is 10.6 Å². The Labute approximate surface area is 199 Å². The van der Waals surface area contributed by atoms with Crippen molar-refractivity contribution in [2.75, 3.05) is 13.2 Å². The van der Waals surface area contributed by atoms with Gasteiger partial charge in [0.15, 0.2) is 0 Å². The van der Waals surface area contributed by atoms with E-state index >= 15 is 0 Å². The maximum atomic E-state index is 12.7. The lowest BCUT2D eigenvalue weighted by Gasteiger charge is -2.40. The fourth-order valence-corrected chi connectivity index (χ4v) is 4.72. The van der Waals surface area contributed by atoms with E-state index in [1.54, 1.807) is 0 Å². The zero-order valence-electron chi connectivity index (χ0n) is 18.7. The Bertz CT molecular complexity index is 1080. The summed E-state index contributed by atoms with van der Waals surface area (Å²) >= 11 is 0. The molecule has 1 saturated carbocycles. The maximum Gasteiger partial charge on any atom is 0.407 e. The highest BCUT2D eigenvalue weighted by molar-refractivity contribution is 5.88. The van der Waals surface area contributed by atoms with E-state index < -0.39 is 42.0 Å². The molecule has 0 aromatic heterocycles. The van der Waals surface area contributed by atoms with Gasteiger partial charge in [0, 0.05) is 12.5 Å². The molecule has 0 aliphatic heterocycles. The quantitative estimate of drug-likeness (QED) is 0.514. The molecule has 186 valence electrons. The van der Waals surface area contributed by atoms with E-state index in [4.69, 9.17) is 9.84 Å². The minimum atomic E-state index is -4.75. The molecule has 0 spiro atoms. The number of hydrogen-bond donors (Lipinski definition) is 3. The highest BCUT2D eigenvalue weighted by Gasteiger charge is 2.47. The Balaban J connectivity index is 1.35. The largest absolute Gasteiger partial charge is 0.480 e. The molecule has 0 radical (unpaired) electrons. The molecule has 1 unspecified atom stereocenters. The van der Waals surface area contributed by atoms with E-state index in [9.17, 15) is 27.6 Å². The number of rotatable bonds is 8. The molecule has 10 heteroatoms. The van der Waals surface area contributed by atoms with Gasteiger partial charge in [-0.2, -0.15) is 13.2 Å². The Hall–Kier alpha value is -3.56. The lowest BCUT2D eigenvalue weighted by atomic mass is 9.68. The summed E-state index contributed by atoms with van der Waals surface area (Å²) < 4.78 is 43.5. The van der Waals surface area contributed by atoms with Gasteiger partial charge in [0.25, 0.3) is 0 Å². The lowest BCUT2D eigenvalue weighted by Crippen LogP contribution is -2.56. The summed E-state index contributed by atoms with van der Waals surface area (Å²) in [5.41, 5.74) is 3.08. The van der Waals surface area contributed by atoms with Crippen LogP contribution in [0.2, 0.25) is 0 Å². The Morgan fingerprint density at radius 2 is 1.60 bits per heavy atom. The number of carbonyl (C=O) groups is 3. The predicted octanol–water partition coefficient (Wildman–Crippen LogP) is 4.22. The third kappa shape index (κ3) is 5.26. The van der Waals surface area contributed by atoms with Gasteiger partial charge in [-0.15, -0.1) is 0 Å². The number of alkyl halides is 3. The number of ether oxygens (including phenoxy) is 1. The molecular formula is C25H25F3N2O5. The third-order valence-electron chi connectivity index (χ3n) is 6.75. The highest BCUT2D eigenvalue weighted by Crippen LogP contribution is 2.44. The smallest absolute Gasteiger partial charge is 0.407 e. The van der Waals surface area contributed by atoms with Crippen molar-refractivity contribution in [2.24, 2.45) is 5.41 Å². The van der Waals surface area contributed by atoms with Crippen molar-refractivity contribution in [1.29, 1.82) is 0 Å². The van der Waals surface area contributed by atoms with Gasteiger partial charge in [-0.1, -0.05) is 55.0 Å². The maximum absolute atomic E-state index is 12.7. The minimum absolute atomic E-state index is 0.0751. The van der Waals surface area contributed by atoms with Crippen LogP contribution in [0.25, 0.3) is 11.1 Å². The first kappa shape index (κ1) is 24.6. The van der Waals surface area contributed by atoms with Gasteiger partial charge in [-0.05, 0) is 35.1 Å². The fraction of sp³-hybridized carbons (Fsp3) is 0.400. The molecule has 0 saturated heterocycles. The van der Waals surface area contributed by atoms with Gasteiger partial charge in [0.1, 0.15) is 12.6 Å². The number of fused-ring (bicyclic) bond motifs is 3. The Kier molecular flexibility index (Phi) is 6.73. The van der Waals surface area contributed by atoms with E-state index in [2.05, 4.69) is 5.32 Å². The number of nitrogens with one attached hydrogen (secondary N) is 2. The number of carboxylic acids is 1. The third-order valence-corrected chi connectivity index (χ3v) is 6.75. The minimum Gasteiger partial charge on any atom is -0.480 e. The van der Waals surface area contributed by atoms with Crippen LogP contribution >= 0.6 is 0 Å². The number of carbonyl (C=O) groups excluding carboxylic acids is 2. The van der Waals surface area contributed by atoms with Crippen LogP contribution in [0.3, 0.4) is 0 Å². The van der Waals surface area contributed by atoms with Crippen molar-refractivity contribution in [2.45, 2.75) is 43.8 Å². The molecule has 7 nitrogen and oxygen atoms in total. The van der Waals surface area contributed by atoms with Crippen LogP contribution in [0.1, 0.15) is 42.7 Å². The first-order valence-corrected chi connectivity index (χ1v) is 11.3. The van der Waals surface area contributed by atoms with Crippen LogP contribution in [0.15, 0.2) is 48.5 Å². The summed E-state index contributed by atoms with van der Waals surface area (Å²) in [5.74, 6) is -2.73. The number of amides is 2. The topological polar surface area (TPSA) is 105 Å². The summed E-state index contributed by atoms with van der Waals surface area (Å²) in [7, 11) is 0.